The summed E-state index contributed by atoms with van der Waals surface area (Å²) in [4.78, 5) is 2.24. The molecule has 2 rings (SSSR count). The molecule has 0 saturated carbocycles. The molecule has 2 atom stereocenters. The predicted octanol–water partition coefficient (Wildman–Crippen LogP) is 1.89. The second-order valence-electron chi connectivity index (χ2n) is 5.56. The van der Waals surface area contributed by atoms with Crippen molar-refractivity contribution in [1.29, 1.82) is 0 Å². The van der Waals surface area contributed by atoms with Gasteiger partial charge in [0.1, 0.15) is 5.82 Å². The van der Waals surface area contributed by atoms with Crippen LogP contribution in [0.3, 0.4) is 0 Å². The lowest BCUT2D eigenvalue weighted by atomic mass is 9.96. The highest BCUT2D eigenvalue weighted by molar-refractivity contribution is 7.89. The average Bonchev–Trinajstić information content (AvgIpc) is 2.37. The highest BCUT2D eigenvalue weighted by atomic mass is 32.2. The molecule has 1 aliphatic rings. The number of rotatable bonds is 4. The van der Waals surface area contributed by atoms with Crippen molar-refractivity contribution >= 4 is 10.0 Å². The molecule has 0 aliphatic carbocycles. The quantitative estimate of drug-likeness (QED) is 0.923. The van der Waals surface area contributed by atoms with Gasteiger partial charge in [-0.25, -0.2) is 17.9 Å². The first kappa shape index (κ1) is 15.4. The lowest BCUT2D eigenvalue weighted by Gasteiger charge is -2.36. The minimum Gasteiger partial charge on any atom is -0.296 e. The Bertz CT molecular complexity index is 545. The number of hydrogen-bond acceptors (Lipinski definition) is 3. The third-order valence-corrected chi connectivity index (χ3v) is 4.85. The third kappa shape index (κ3) is 4.26. The molecule has 0 spiro atoms. The molecule has 0 aromatic heterocycles. The number of nitrogens with two attached hydrogens (primary N) is 1. The van der Waals surface area contributed by atoms with E-state index in [0.29, 0.717) is 0 Å². The van der Waals surface area contributed by atoms with E-state index in [4.69, 9.17) is 5.14 Å². The average molecular weight is 300 g/mol. The van der Waals surface area contributed by atoms with Gasteiger partial charge in [0.2, 0.25) is 10.0 Å². The van der Waals surface area contributed by atoms with Crippen molar-refractivity contribution in [3.05, 3.63) is 35.6 Å². The second-order valence-corrected chi connectivity index (χ2v) is 7.22. The Morgan fingerprint density at radius 3 is 2.65 bits per heavy atom. The van der Waals surface area contributed by atoms with Crippen LogP contribution in [0.2, 0.25) is 0 Å². The van der Waals surface area contributed by atoms with E-state index in [0.717, 1.165) is 31.5 Å². The third-order valence-electron chi connectivity index (χ3n) is 3.92. The molecule has 2 N–H and O–H groups in total. The van der Waals surface area contributed by atoms with Crippen LogP contribution in [-0.2, 0) is 10.0 Å². The van der Waals surface area contributed by atoms with Gasteiger partial charge in [0, 0.05) is 12.6 Å². The number of hydrogen-bond donors (Lipinski definition) is 1. The van der Waals surface area contributed by atoms with Gasteiger partial charge in [-0.05, 0) is 49.9 Å². The van der Waals surface area contributed by atoms with Crippen LogP contribution in [0.25, 0.3) is 0 Å². The van der Waals surface area contributed by atoms with E-state index >= 15 is 0 Å². The monoisotopic (exact) mass is 300 g/mol. The van der Waals surface area contributed by atoms with Crippen molar-refractivity contribution in [1.82, 2.24) is 4.90 Å². The highest BCUT2D eigenvalue weighted by Crippen LogP contribution is 2.27. The zero-order valence-corrected chi connectivity index (χ0v) is 12.4. The number of benzene rings is 1. The van der Waals surface area contributed by atoms with Crippen LogP contribution in [0.4, 0.5) is 4.39 Å². The molecule has 0 radical (unpaired) electrons. The van der Waals surface area contributed by atoms with E-state index in [-0.39, 0.29) is 23.5 Å². The molecule has 1 fully saturated rings. The molecule has 1 aliphatic heterocycles. The Labute approximate surface area is 119 Å². The molecule has 1 saturated heterocycles. The van der Waals surface area contributed by atoms with Crippen LogP contribution < -0.4 is 5.14 Å². The number of nitrogens with zero attached hydrogens (tertiary/aromatic N) is 1. The molecule has 1 aromatic rings. The van der Waals surface area contributed by atoms with Crippen molar-refractivity contribution in [2.75, 3.05) is 18.8 Å². The van der Waals surface area contributed by atoms with Gasteiger partial charge in [0.25, 0.3) is 0 Å². The lowest BCUT2D eigenvalue weighted by Crippen LogP contribution is -2.40. The van der Waals surface area contributed by atoms with Crippen LogP contribution in [0.5, 0.6) is 0 Å². The fourth-order valence-electron chi connectivity index (χ4n) is 2.87. The number of piperidine rings is 1. The standard InChI is InChI=1S/C14H21FN2O2S/c1-11(13-4-6-14(15)7-5-13)17-8-2-3-12(9-17)10-20(16,18)19/h4-7,11-12H,2-3,8-10H2,1H3,(H2,16,18,19)/t11-,12-/m0/s1. The summed E-state index contributed by atoms with van der Waals surface area (Å²) in [5, 5.41) is 5.13. The predicted molar refractivity (Wildman–Crippen MR) is 77.1 cm³/mol. The maximum atomic E-state index is 12.9. The van der Waals surface area contributed by atoms with Gasteiger partial charge in [-0.1, -0.05) is 12.1 Å². The van der Waals surface area contributed by atoms with Gasteiger partial charge >= 0.3 is 0 Å². The Morgan fingerprint density at radius 2 is 2.05 bits per heavy atom. The summed E-state index contributed by atoms with van der Waals surface area (Å²) in [7, 11) is -3.42. The Kier molecular flexibility index (Phi) is 4.78. The van der Waals surface area contributed by atoms with Crippen molar-refractivity contribution < 1.29 is 12.8 Å². The molecular formula is C14H21FN2O2S. The van der Waals surface area contributed by atoms with E-state index < -0.39 is 10.0 Å². The fraction of sp³-hybridized carbons (Fsp3) is 0.571. The van der Waals surface area contributed by atoms with E-state index in [1.165, 1.54) is 12.1 Å². The number of likely N-dealkylation sites (tertiary alicyclic amines) is 1. The Hall–Kier alpha value is -0.980. The normalized spacial score (nSPS) is 22.6. The number of sulfonamides is 1. The zero-order valence-electron chi connectivity index (χ0n) is 11.6. The summed E-state index contributed by atoms with van der Waals surface area (Å²) in [6.07, 6.45) is 1.86. The van der Waals surface area contributed by atoms with E-state index in [1.807, 2.05) is 0 Å². The van der Waals surface area contributed by atoms with E-state index in [2.05, 4.69) is 11.8 Å². The van der Waals surface area contributed by atoms with Gasteiger partial charge in [-0.3, -0.25) is 4.90 Å². The van der Waals surface area contributed by atoms with Crippen LogP contribution in [-0.4, -0.2) is 32.2 Å². The van der Waals surface area contributed by atoms with Gasteiger partial charge < -0.3 is 0 Å². The van der Waals surface area contributed by atoms with Gasteiger partial charge in [0.15, 0.2) is 0 Å². The highest BCUT2D eigenvalue weighted by Gasteiger charge is 2.26. The molecule has 0 unspecified atom stereocenters. The van der Waals surface area contributed by atoms with Crippen molar-refractivity contribution in [2.24, 2.45) is 11.1 Å². The molecule has 112 valence electrons. The molecule has 1 aromatic carbocycles. The smallest absolute Gasteiger partial charge is 0.209 e. The Morgan fingerprint density at radius 1 is 1.40 bits per heavy atom. The summed E-state index contributed by atoms with van der Waals surface area (Å²) >= 11 is 0. The first-order valence-corrected chi connectivity index (χ1v) is 8.56. The SMILES string of the molecule is C[C@@H](c1ccc(F)cc1)N1CCC[C@H](CS(N)(=O)=O)C1. The first-order valence-electron chi connectivity index (χ1n) is 6.85. The largest absolute Gasteiger partial charge is 0.296 e. The number of primary sulfonamides is 1. The maximum absolute atomic E-state index is 12.9. The zero-order chi connectivity index (χ0) is 14.8. The summed E-state index contributed by atoms with van der Waals surface area (Å²) in [5.74, 6) is -0.118. The van der Waals surface area contributed by atoms with E-state index in [1.54, 1.807) is 12.1 Å². The minimum atomic E-state index is -3.42. The summed E-state index contributed by atoms with van der Waals surface area (Å²) < 4.78 is 35.3. The molecule has 1 heterocycles. The second kappa shape index (κ2) is 6.20. The topological polar surface area (TPSA) is 63.4 Å². The molecule has 6 heteroatoms. The van der Waals surface area contributed by atoms with Crippen LogP contribution in [0, 0.1) is 11.7 Å². The van der Waals surface area contributed by atoms with Crippen LogP contribution in [0.15, 0.2) is 24.3 Å². The Balaban J connectivity index is 2.03. The van der Waals surface area contributed by atoms with Crippen molar-refractivity contribution in [2.45, 2.75) is 25.8 Å². The maximum Gasteiger partial charge on any atom is 0.209 e. The molecule has 20 heavy (non-hydrogen) atoms. The van der Waals surface area contributed by atoms with Crippen molar-refractivity contribution in [3.63, 3.8) is 0 Å². The fourth-order valence-corrected chi connectivity index (χ4v) is 3.79. The lowest BCUT2D eigenvalue weighted by molar-refractivity contribution is 0.140. The summed E-state index contributed by atoms with van der Waals surface area (Å²) in [6.45, 7) is 3.71. The molecular weight excluding hydrogens is 279 g/mol. The number of halogens is 1. The minimum absolute atomic E-state index is 0.0413. The molecule has 0 bridgehead atoms. The molecule has 0 amide bonds. The molecule has 4 nitrogen and oxygen atoms in total. The summed E-state index contributed by atoms with van der Waals surface area (Å²) in [6, 6.07) is 6.63. The van der Waals surface area contributed by atoms with Crippen LogP contribution in [0.1, 0.15) is 31.4 Å². The van der Waals surface area contributed by atoms with Crippen LogP contribution >= 0.6 is 0 Å². The van der Waals surface area contributed by atoms with E-state index in [9.17, 15) is 12.8 Å². The first-order chi connectivity index (χ1) is 9.35. The van der Waals surface area contributed by atoms with Gasteiger partial charge in [-0.15, -0.1) is 0 Å². The van der Waals surface area contributed by atoms with Gasteiger partial charge in [0.05, 0.1) is 5.75 Å². The van der Waals surface area contributed by atoms with Crippen molar-refractivity contribution in [3.8, 4) is 0 Å². The summed E-state index contributed by atoms with van der Waals surface area (Å²) in [5.41, 5.74) is 1.04. The van der Waals surface area contributed by atoms with Gasteiger partial charge in [-0.2, -0.15) is 0 Å².